The summed E-state index contributed by atoms with van der Waals surface area (Å²) in [6.45, 7) is 3.69. The first-order valence-electron chi connectivity index (χ1n) is 15.8. The molecule has 5 aromatic rings. The fourth-order valence-electron chi connectivity index (χ4n) is 7.06. The maximum Gasteiger partial charge on any atom is 0.330 e. The number of aryl methyl sites for hydroxylation is 1. The molecule has 1 saturated heterocycles. The van der Waals surface area contributed by atoms with Crippen molar-refractivity contribution in [3.8, 4) is 28.3 Å². The second-order valence-electron chi connectivity index (χ2n) is 12.7. The highest BCUT2D eigenvalue weighted by Crippen LogP contribution is 2.52. The van der Waals surface area contributed by atoms with E-state index >= 15 is 0 Å². The first kappa shape index (κ1) is 33.3. The number of alkyl halides is 2. The van der Waals surface area contributed by atoms with Gasteiger partial charge in [0.2, 0.25) is 5.88 Å². The number of hydrogen-bond acceptors (Lipinski definition) is 9. The van der Waals surface area contributed by atoms with Crippen LogP contribution in [0.25, 0.3) is 33.3 Å². The molecule has 2 aliphatic rings. The summed E-state index contributed by atoms with van der Waals surface area (Å²) in [5, 5.41) is 12.8. The predicted octanol–water partition coefficient (Wildman–Crippen LogP) is 5.17. The molecule has 2 aromatic carbocycles. The number of nitrogens with zero attached hydrogens (tertiary/aromatic N) is 6. The van der Waals surface area contributed by atoms with Crippen molar-refractivity contribution in [2.75, 3.05) is 25.5 Å². The van der Waals surface area contributed by atoms with Crippen LogP contribution in [0.2, 0.25) is 5.02 Å². The van der Waals surface area contributed by atoms with Crippen molar-refractivity contribution in [2.24, 2.45) is 31.8 Å². The van der Waals surface area contributed by atoms with Crippen molar-refractivity contribution in [1.29, 1.82) is 0 Å². The van der Waals surface area contributed by atoms with Crippen LogP contribution < -0.4 is 21.3 Å². The van der Waals surface area contributed by atoms with Crippen molar-refractivity contribution in [3.05, 3.63) is 91.5 Å². The van der Waals surface area contributed by atoms with Gasteiger partial charge in [-0.25, -0.2) is 23.5 Å². The van der Waals surface area contributed by atoms with Crippen LogP contribution in [0.4, 0.5) is 20.3 Å². The van der Waals surface area contributed by atoms with Crippen LogP contribution in [0.5, 0.6) is 5.88 Å². The lowest BCUT2D eigenvalue weighted by atomic mass is 9.96. The van der Waals surface area contributed by atoms with Crippen LogP contribution in [0, 0.1) is 24.7 Å². The van der Waals surface area contributed by atoms with Gasteiger partial charge in [-0.1, -0.05) is 41.9 Å². The first-order valence-corrected chi connectivity index (χ1v) is 16.2. The molecular weight excluding hydrogens is 672 g/mol. The molecule has 0 bridgehead atoms. The fraction of sp³-hybridized carbons (Fsp3) is 0.314. The Morgan fingerprint density at radius 1 is 1.06 bits per heavy atom. The molecule has 0 amide bonds. The second-order valence-corrected chi connectivity index (χ2v) is 13.0. The maximum absolute atomic E-state index is 13.9. The zero-order valence-electron chi connectivity index (χ0n) is 27.4. The Hall–Kier alpha value is -5.21. The normalized spacial score (nSPS) is 18.4. The zero-order valence-corrected chi connectivity index (χ0v) is 28.2. The number of benzene rings is 2. The maximum atomic E-state index is 13.9. The van der Waals surface area contributed by atoms with Gasteiger partial charge in [-0.05, 0) is 42.0 Å². The Bertz CT molecular complexity index is 2320. The topological polar surface area (TPSA) is 144 Å². The summed E-state index contributed by atoms with van der Waals surface area (Å²) in [6.07, 6.45) is -1.31. The monoisotopic (exact) mass is 703 g/mol. The molecule has 50 heavy (non-hydrogen) atoms. The Morgan fingerprint density at radius 2 is 1.74 bits per heavy atom. The minimum atomic E-state index is -2.94. The number of ether oxygens (including phenoxy) is 1. The van der Waals surface area contributed by atoms with Gasteiger partial charge in [0.1, 0.15) is 22.6 Å². The van der Waals surface area contributed by atoms with E-state index in [1.807, 2.05) is 31.2 Å². The quantitative estimate of drug-likeness (QED) is 0.211. The number of pyridine rings is 1. The third kappa shape index (κ3) is 5.57. The SMILES string of the molecule is COc1nc(-c2cccc(-c3cccc(Nc4nc(C(F)F)cc5c4c(=O)n(C)c(=O)n5C)c3C)c2Cl)cnc1CN1C[C@@H]2C(C(=O)O)[C@@H]2C1. The van der Waals surface area contributed by atoms with E-state index in [0.29, 0.717) is 64.3 Å². The minimum absolute atomic E-state index is 0.00853. The van der Waals surface area contributed by atoms with Gasteiger partial charge in [0.05, 0.1) is 35.5 Å². The van der Waals surface area contributed by atoms with Crippen LogP contribution in [0.1, 0.15) is 23.4 Å². The molecule has 12 nitrogen and oxygen atoms in total. The van der Waals surface area contributed by atoms with Gasteiger partial charge in [-0.15, -0.1) is 0 Å². The number of piperidine rings is 1. The first-order chi connectivity index (χ1) is 23.9. The number of carboxylic acid groups (broad SMARTS) is 1. The highest BCUT2D eigenvalue weighted by atomic mass is 35.5. The van der Waals surface area contributed by atoms with E-state index in [0.717, 1.165) is 20.8 Å². The van der Waals surface area contributed by atoms with E-state index in [-0.39, 0.29) is 34.5 Å². The molecule has 1 unspecified atom stereocenters. The number of halogens is 3. The molecule has 3 aromatic heterocycles. The van der Waals surface area contributed by atoms with Crippen molar-refractivity contribution in [1.82, 2.24) is 29.0 Å². The lowest BCUT2D eigenvalue weighted by Gasteiger charge is -2.19. The molecule has 0 radical (unpaired) electrons. The molecule has 1 saturated carbocycles. The highest BCUT2D eigenvalue weighted by Gasteiger charge is 2.59. The van der Waals surface area contributed by atoms with Crippen molar-refractivity contribution >= 4 is 40.0 Å². The van der Waals surface area contributed by atoms with Gasteiger partial charge in [-0.2, -0.15) is 0 Å². The van der Waals surface area contributed by atoms with Gasteiger partial charge in [0.25, 0.3) is 12.0 Å². The number of carbonyl (C=O) groups is 1. The molecule has 3 atom stereocenters. The van der Waals surface area contributed by atoms with Crippen molar-refractivity contribution < 1.29 is 23.4 Å². The number of fused-ring (bicyclic) bond motifs is 2. The minimum Gasteiger partial charge on any atom is -0.481 e. The molecule has 1 aliphatic heterocycles. The second kappa shape index (κ2) is 12.6. The third-order valence-corrected chi connectivity index (χ3v) is 10.2. The molecule has 258 valence electrons. The van der Waals surface area contributed by atoms with Crippen LogP contribution in [-0.2, 0) is 25.4 Å². The summed E-state index contributed by atoms with van der Waals surface area (Å²) in [5.41, 5.74) is 2.42. The lowest BCUT2D eigenvalue weighted by molar-refractivity contribution is -0.139. The number of hydrogen-bond donors (Lipinski definition) is 2. The van der Waals surface area contributed by atoms with Gasteiger partial charge >= 0.3 is 11.7 Å². The van der Waals surface area contributed by atoms with E-state index in [1.54, 1.807) is 18.3 Å². The molecule has 4 heterocycles. The average Bonchev–Trinajstić information content (AvgIpc) is 3.62. The number of aromatic nitrogens is 5. The standard InChI is InChI=1S/C35H32ClF2N7O5/c1-16-17(7-6-10-22(16)40-31-28-26(11-23(41-31)30(37)38)43(2)35(49)44(3)33(28)46)18-8-5-9-19(29(18)36)24-12-39-25(32(42-24)50-4)15-45-13-20-21(14-45)27(20)34(47)48/h5-12,20-21,27,30H,13-15H2,1-4H3,(H,40,41)(H,47,48)/t20-,21+,27?. The Morgan fingerprint density at radius 3 is 2.42 bits per heavy atom. The van der Waals surface area contributed by atoms with E-state index in [1.165, 1.54) is 21.2 Å². The van der Waals surface area contributed by atoms with Gasteiger partial charge < -0.3 is 15.2 Å². The summed E-state index contributed by atoms with van der Waals surface area (Å²) in [5.74, 6) is -0.406. The molecule has 0 spiro atoms. The van der Waals surface area contributed by atoms with Gasteiger partial charge in [0, 0.05) is 50.5 Å². The average molecular weight is 704 g/mol. The Kier molecular flexibility index (Phi) is 8.39. The Balaban J connectivity index is 1.21. The lowest BCUT2D eigenvalue weighted by Crippen LogP contribution is -2.37. The van der Waals surface area contributed by atoms with E-state index in [9.17, 15) is 28.3 Å². The number of nitrogens with one attached hydrogen (secondary N) is 1. The van der Waals surface area contributed by atoms with E-state index < -0.39 is 29.3 Å². The van der Waals surface area contributed by atoms with E-state index in [2.05, 4.69) is 20.2 Å². The van der Waals surface area contributed by atoms with Crippen molar-refractivity contribution in [2.45, 2.75) is 19.9 Å². The summed E-state index contributed by atoms with van der Waals surface area (Å²) >= 11 is 7.04. The molecule has 2 N–H and O–H groups in total. The largest absolute Gasteiger partial charge is 0.481 e. The number of rotatable bonds is 9. The fourth-order valence-corrected chi connectivity index (χ4v) is 7.38. The molecule has 7 rings (SSSR count). The number of aliphatic carboxylic acids is 1. The molecule has 15 heteroatoms. The van der Waals surface area contributed by atoms with Crippen LogP contribution in [0.15, 0.2) is 58.3 Å². The number of anilines is 2. The van der Waals surface area contributed by atoms with Crippen LogP contribution in [0.3, 0.4) is 0 Å². The molecular formula is C35H32ClF2N7O5. The number of methoxy groups -OCH3 is 1. The Labute approximate surface area is 289 Å². The third-order valence-electron chi connectivity index (χ3n) is 9.78. The smallest absolute Gasteiger partial charge is 0.330 e. The van der Waals surface area contributed by atoms with Gasteiger partial charge in [0.15, 0.2) is 0 Å². The number of likely N-dealkylation sites (tertiary alicyclic amines) is 1. The van der Waals surface area contributed by atoms with Crippen LogP contribution >= 0.6 is 11.6 Å². The van der Waals surface area contributed by atoms with Crippen molar-refractivity contribution in [3.63, 3.8) is 0 Å². The zero-order chi connectivity index (χ0) is 35.6. The highest BCUT2D eigenvalue weighted by molar-refractivity contribution is 6.36. The van der Waals surface area contributed by atoms with Gasteiger partial charge in [-0.3, -0.25) is 28.6 Å². The summed E-state index contributed by atoms with van der Waals surface area (Å²) < 4.78 is 35.5. The van der Waals surface area contributed by atoms with Crippen LogP contribution in [-0.4, -0.2) is 60.3 Å². The molecule has 1 aliphatic carbocycles. The summed E-state index contributed by atoms with van der Waals surface area (Å²) in [4.78, 5) is 52.8. The predicted molar refractivity (Wildman–Crippen MR) is 183 cm³/mol. The summed E-state index contributed by atoms with van der Waals surface area (Å²) in [7, 11) is 4.24. The number of carboxylic acids is 1. The molecule has 2 fully saturated rings. The van der Waals surface area contributed by atoms with E-state index in [4.69, 9.17) is 21.3 Å². The summed E-state index contributed by atoms with van der Waals surface area (Å²) in [6, 6.07) is 11.9.